The summed E-state index contributed by atoms with van der Waals surface area (Å²) in [6.07, 6.45) is 5.98. The molecule has 3 aromatic heterocycles. The molecule has 1 fully saturated rings. The molecule has 1 aliphatic rings. The van der Waals surface area contributed by atoms with Crippen molar-refractivity contribution in [1.82, 2.24) is 30.1 Å². The molecular weight excluding hydrogens is 456 g/mol. The summed E-state index contributed by atoms with van der Waals surface area (Å²) in [4.78, 5) is 19.9. The van der Waals surface area contributed by atoms with Crippen molar-refractivity contribution in [3.8, 4) is 0 Å². The quantitative estimate of drug-likeness (QED) is 0.338. The first-order valence-electron chi connectivity index (χ1n) is 12.7. The predicted molar refractivity (Wildman–Crippen MR) is 140 cm³/mol. The Morgan fingerprint density at radius 2 is 1.97 bits per heavy atom. The zero-order chi connectivity index (χ0) is 24.4. The van der Waals surface area contributed by atoms with Gasteiger partial charge in [-0.2, -0.15) is 0 Å². The van der Waals surface area contributed by atoms with Crippen molar-refractivity contribution < 1.29 is 0 Å². The maximum Gasteiger partial charge on any atom is 0.252 e. The van der Waals surface area contributed by atoms with Gasteiger partial charge in [-0.25, -0.2) is 4.68 Å². The van der Waals surface area contributed by atoms with Crippen LogP contribution in [-0.4, -0.2) is 30.1 Å². The van der Waals surface area contributed by atoms with Crippen molar-refractivity contribution in [2.24, 2.45) is 5.92 Å². The molecule has 0 saturated heterocycles. The number of nitrogens with one attached hydrogen (secondary N) is 1. The summed E-state index contributed by atoms with van der Waals surface area (Å²) in [7, 11) is 0. The summed E-state index contributed by atoms with van der Waals surface area (Å²) in [5.41, 5.74) is 2.78. The standard InChI is InChI=1S/C27H34N6OS/c1-18(2)25(26-29-30-31-33(26)22-8-5-4-6-9-22)32(17-23-10-7-13-35-23)16-21-15-20-14-19(3)11-12-24(20)28-27(21)34/h7,10-15,18,22,25H,4-6,8-9,16-17H2,1-3H3,(H,28,34). The van der Waals surface area contributed by atoms with E-state index in [4.69, 9.17) is 0 Å². The van der Waals surface area contributed by atoms with Gasteiger partial charge in [0.2, 0.25) is 0 Å². The minimum Gasteiger partial charge on any atom is -0.322 e. The Balaban J connectivity index is 1.54. The van der Waals surface area contributed by atoms with Crippen LogP contribution < -0.4 is 5.56 Å². The lowest BCUT2D eigenvalue weighted by molar-refractivity contribution is 0.122. The van der Waals surface area contributed by atoms with E-state index in [1.807, 2.05) is 18.2 Å². The molecule has 0 radical (unpaired) electrons. The first-order chi connectivity index (χ1) is 17.0. The number of rotatable bonds is 8. The molecule has 35 heavy (non-hydrogen) atoms. The Morgan fingerprint density at radius 3 is 2.71 bits per heavy atom. The minimum atomic E-state index is -0.0353. The molecule has 1 saturated carbocycles. The lowest BCUT2D eigenvalue weighted by Gasteiger charge is -2.34. The number of aromatic amines is 1. The summed E-state index contributed by atoms with van der Waals surface area (Å²) >= 11 is 1.74. The first kappa shape index (κ1) is 23.9. The van der Waals surface area contributed by atoms with E-state index in [0.717, 1.165) is 41.7 Å². The number of H-pyrrole nitrogens is 1. The lowest BCUT2D eigenvalue weighted by Crippen LogP contribution is -2.35. The van der Waals surface area contributed by atoms with E-state index in [1.165, 1.54) is 29.7 Å². The van der Waals surface area contributed by atoms with E-state index >= 15 is 0 Å². The summed E-state index contributed by atoms with van der Waals surface area (Å²) in [6, 6.07) is 12.8. The fourth-order valence-electron chi connectivity index (χ4n) is 5.43. The highest BCUT2D eigenvalue weighted by Crippen LogP contribution is 2.35. The van der Waals surface area contributed by atoms with Crippen LogP contribution in [0.25, 0.3) is 10.9 Å². The van der Waals surface area contributed by atoms with Crippen LogP contribution in [0.2, 0.25) is 0 Å². The Bertz CT molecular complexity index is 1320. The largest absolute Gasteiger partial charge is 0.322 e. The summed E-state index contributed by atoms with van der Waals surface area (Å²) in [5.74, 6) is 1.18. The smallest absolute Gasteiger partial charge is 0.252 e. The Hall–Kier alpha value is -2.84. The molecule has 184 valence electrons. The molecule has 7 nitrogen and oxygen atoms in total. The molecule has 3 heterocycles. The number of aromatic nitrogens is 5. The van der Waals surface area contributed by atoms with E-state index in [0.29, 0.717) is 12.6 Å². The number of fused-ring (bicyclic) bond motifs is 1. The van der Waals surface area contributed by atoms with E-state index in [2.05, 4.69) is 74.4 Å². The second-order valence-corrected chi connectivity index (χ2v) is 11.2. The van der Waals surface area contributed by atoms with E-state index in [9.17, 15) is 4.79 Å². The van der Waals surface area contributed by atoms with Crippen molar-refractivity contribution >= 4 is 22.2 Å². The van der Waals surface area contributed by atoms with Crippen molar-refractivity contribution in [2.75, 3.05) is 0 Å². The molecule has 8 heteroatoms. The lowest BCUT2D eigenvalue weighted by atomic mass is 9.94. The van der Waals surface area contributed by atoms with Gasteiger partial charge in [0.25, 0.3) is 5.56 Å². The predicted octanol–water partition coefficient (Wildman–Crippen LogP) is 5.79. The van der Waals surface area contributed by atoms with E-state index < -0.39 is 0 Å². The maximum absolute atomic E-state index is 13.1. The normalized spacial score (nSPS) is 15.9. The number of benzene rings is 1. The first-order valence-corrected chi connectivity index (χ1v) is 13.5. The molecule has 0 bridgehead atoms. The van der Waals surface area contributed by atoms with Crippen LogP contribution in [-0.2, 0) is 13.1 Å². The molecule has 1 aromatic carbocycles. The zero-order valence-electron chi connectivity index (χ0n) is 20.8. The van der Waals surface area contributed by atoms with Crippen molar-refractivity contribution in [1.29, 1.82) is 0 Å². The van der Waals surface area contributed by atoms with Gasteiger partial charge >= 0.3 is 0 Å². The average Bonchev–Trinajstić information content (AvgIpc) is 3.53. The highest BCUT2D eigenvalue weighted by Gasteiger charge is 2.32. The summed E-state index contributed by atoms with van der Waals surface area (Å²) in [5, 5.41) is 16.3. The van der Waals surface area contributed by atoms with Crippen molar-refractivity contribution in [3.63, 3.8) is 0 Å². The van der Waals surface area contributed by atoms with Gasteiger partial charge in [0.15, 0.2) is 5.82 Å². The van der Waals surface area contributed by atoms with Gasteiger partial charge in [-0.1, -0.05) is 50.8 Å². The highest BCUT2D eigenvalue weighted by molar-refractivity contribution is 7.09. The number of pyridine rings is 1. The SMILES string of the molecule is Cc1ccc2[nH]c(=O)c(CN(Cc3cccs3)C(c3nnnn3C3CCCCC3)C(C)C)cc2c1. The van der Waals surface area contributed by atoms with Crippen LogP contribution in [0.4, 0.5) is 0 Å². The third kappa shape index (κ3) is 5.23. The number of thiophene rings is 1. The number of hydrogen-bond acceptors (Lipinski definition) is 6. The summed E-state index contributed by atoms with van der Waals surface area (Å²) in [6.45, 7) is 7.79. The van der Waals surface area contributed by atoms with Gasteiger partial charge in [0, 0.05) is 29.0 Å². The van der Waals surface area contributed by atoms with Gasteiger partial charge in [0.1, 0.15) is 0 Å². The number of hydrogen-bond donors (Lipinski definition) is 1. The second kappa shape index (κ2) is 10.4. The van der Waals surface area contributed by atoms with E-state index in [1.54, 1.807) is 11.3 Å². The Morgan fingerprint density at radius 1 is 1.14 bits per heavy atom. The summed E-state index contributed by atoms with van der Waals surface area (Å²) < 4.78 is 2.08. The third-order valence-corrected chi connectivity index (χ3v) is 7.98. The molecule has 0 spiro atoms. The molecule has 1 unspecified atom stereocenters. The maximum atomic E-state index is 13.1. The molecule has 5 rings (SSSR count). The van der Waals surface area contributed by atoms with E-state index in [-0.39, 0.29) is 17.5 Å². The number of aryl methyl sites for hydroxylation is 1. The number of nitrogens with zero attached hydrogens (tertiary/aromatic N) is 5. The van der Waals surface area contributed by atoms with Crippen LogP contribution in [0.5, 0.6) is 0 Å². The van der Waals surface area contributed by atoms with Gasteiger partial charge in [-0.15, -0.1) is 16.4 Å². The van der Waals surface area contributed by atoms with Gasteiger partial charge in [-0.05, 0) is 71.1 Å². The zero-order valence-corrected chi connectivity index (χ0v) is 21.6. The molecule has 1 aliphatic carbocycles. The van der Waals surface area contributed by atoms with Crippen molar-refractivity contribution in [3.05, 3.63) is 74.0 Å². The fourth-order valence-corrected chi connectivity index (χ4v) is 6.16. The van der Waals surface area contributed by atoms with Gasteiger partial charge in [0.05, 0.1) is 12.1 Å². The minimum absolute atomic E-state index is 0.0124. The molecule has 0 amide bonds. The number of tetrazole rings is 1. The topological polar surface area (TPSA) is 79.7 Å². The average molecular weight is 491 g/mol. The molecule has 4 aromatic rings. The Kier molecular flexibility index (Phi) is 7.11. The van der Waals surface area contributed by atoms with Gasteiger partial charge in [-0.3, -0.25) is 9.69 Å². The third-order valence-electron chi connectivity index (χ3n) is 7.12. The molecule has 1 N–H and O–H groups in total. The second-order valence-electron chi connectivity index (χ2n) is 10.2. The highest BCUT2D eigenvalue weighted by atomic mass is 32.1. The van der Waals surface area contributed by atoms with Crippen LogP contribution in [0, 0.1) is 12.8 Å². The van der Waals surface area contributed by atoms with Gasteiger partial charge < -0.3 is 4.98 Å². The monoisotopic (exact) mass is 490 g/mol. The van der Waals surface area contributed by atoms with Crippen LogP contribution in [0.1, 0.15) is 79.9 Å². The molecule has 1 atom stereocenters. The van der Waals surface area contributed by atoms with Crippen LogP contribution in [0.15, 0.2) is 46.6 Å². The van der Waals surface area contributed by atoms with Crippen molar-refractivity contribution in [2.45, 2.75) is 78.0 Å². The van der Waals surface area contributed by atoms with Crippen LogP contribution >= 0.6 is 11.3 Å². The fraction of sp³-hybridized carbons (Fsp3) is 0.481. The Labute approximate surface area is 210 Å². The molecule has 0 aliphatic heterocycles. The van der Waals surface area contributed by atoms with Crippen LogP contribution in [0.3, 0.4) is 0 Å². The molecular formula is C27H34N6OS.